The molecule has 156 valence electrons. The fourth-order valence-electron chi connectivity index (χ4n) is 4.07. The summed E-state index contributed by atoms with van der Waals surface area (Å²) in [4.78, 5) is 13.0. The SMILES string of the molecule is COc1ncnc2c3cc([C@H](C)N4CCN(C)CC4)ccc3n(CC(F)(F)F)c12. The van der Waals surface area contributed by atoms with Crippen LogP contribution in [0, 0.1) is 0 Å². The number of rotatable bonds is 4. The van der Waals surface area contributed by atoms with E-state index in [2.05, 4.69) is 33.7 Å². The van der Waals surface area contributed by atoms with Gasteiger partial charge >= 0.3 is 6.18 Å². The fraction of sp³-hybridized carbons (Fsp3) is 0.500. The molecule has 3 heterocycles. The molecule has 4 rings (SSSR count). The van der Waals surface area contributed by atoms with Gasteiger partial charge in [-0.05, 0) is 31.7 Å². The molecule has 29 heavy (non-hydrogen) atoms. The summed E-state index contributed by atoms with van der Waals surface area (Å²) in [6, 6.07) is 5.79. The topological polar surface area (TPSA) is 46.4 Å². The molecule has 9 heteroatoms. The van der Waals surface area contributed by atoms with E-state index in [1.807, 2.05) is 12.1 Å². The predicted molar refractivity (Wildman–Crippen MR) is 105 cm³/mol. The van der Waals surface area contributed by atoms with Crippen LogP contribution in [0.25, 0.3) is 21.9 Å². The minimum Gasteiger partial charge on any atom is -0.479 e. The molecule has 0 N–H and O–H groups in total. The first-order valence-electron chi connectivity index (χ1n) is 9.58. The van der Waals surface area contributed by atoms with E-state index in [-0.39, 0.29) is 17.4 Å². The minimum absolute atomic E-state index is 0.143. The Balaban J connectivity index is 1.83. The Hall–Kier alpha value is -2.39. The maximum atomic E-state index is 13.3. The summed E-state index contributed by atoms with van der Waals surface area (Å²) in [6.45, 7) is 4.94. The molecule has 0 bridgehead atoms. The number of piperazine rings is 1. The van der Waals surface area contributed by atoms with Crippen LogP contribution in [0.2, 0.25) is 0 Å². The summed E-state index contributed by atoms with van der Waals surface area (Å²) in [7, 11) is 3.51. The first kappa shape index (κ1) is 19.9. The Morgan fingerprint density at radius 2 is 1.86 bits per heavy atom. The quantitative estimate of drug-likeness (QED) is 0.663. The second-order valence-corrected chi connectivity index (χ2v) is 7.57. The van der Waals surface area contributed by atoms with Crippen molar-refractivity contribution in [3.05, 3.63) is 30.1 Å². The molecule has 0 radical (unpaired) electrons. The van der Waals surface area contributed by atoms with Gasteiger partial charge in [0.15, 0.2) is 0 Å². The van der Waals surface area contributed by atoms with Crippen LogP contribution in [-0.4, -0.2) is 70.8 Å². The molecule has 1 aliphatic heterocycles. The highest BCUT2D eigenvalue weighted by molar-refractivity contribution is 6.07. The van der Waals surface area contributed by atoms with E-state index in [1.165, 1.54) is 18.0 Å². The first-order chi connectivity index (χ1) is 13.8. The van der Waals surface area contributed by atoms with Gasteiger partial charge in [0.05, 0.1) is 12.6 Å². The van der Waals surface area contributed by atoms with Gasteiger partial charge in [-0.15, -0.1) is 0 Å². The number of halogens is 3. The van der Waals surface area contributed by atoms with Gasteiger partial charge in [0, 0.05) is 37.6 Å². The van der Waals surface area contributed by atoms with Crippen molar-refractivity contribution in [2.45, 2.75) is 25.7 Å². The third-order valence-electron chi connectivity index (χ3n) is 5.72. The molecule has 0 saturated carbocycles. The van der Waals surface area contributed by atoms with Gasteiger partial charge in [0.1, 0.15) is 23.9 Å². The van der Waals surface area contributed by atoms with Gasteiger partial charge in [-0.2, -0.15) is 18.2 Å². The molecule has 1 aromatic carbocycles. The lowest BCUT2D eigenvalue weighted by Gasteiger charge is -2.36. The van der Waals surface area contributed by atoms with Crippen LogP contribution in [-0.2, 0) is 6.54 Å². The Labute approximate surface area is 166 Å². The van der Waals surface area contributed by atoms with E-state index >= 15 is 0 Å². The van der Waals surface area contributed by atoms with E-state index in [4.69, 9.17) is 4.74 Å². The summed E-state index contributed by atoms with van der Waals surface area (Å²) < 4.78 is 46.3. The summed E-state index contributed by atoms with van der Waals surface area (Å²) in [6.07, 6.45) is -3.04. The highest BCUT2D eigenvalue weighted by Gasteiger charge is 2.31. The summed E-state index contributed by atoms with van der Waals surface area (Å²) in [5.74, 6) is 0.143. The minimum atomic E-state index is -4.37. The Morgan fingerprint density at radius 1 is 1.14 bits per heavy atom. The lowest BCUT2D eigenvalue weighted by Crippen LogP contribution is -2.45. The number of nitrogens with zero attached hydrogens (tertiary/aromatic N) is 5. The number of aromatic nitrogens is 3. The van der Waals surface area contributed by atoms with Crippen LogP contribution in [0.1, 0.15) is 18.5 Å². The Morgan fingerprint density at radius 3 is 2.52 bits per heavy atom. The largest absolute Gasteiger partial charge is 0.479 e. The van der Waals surface area contributed by atoms with Gasteiger partial charge in [0.2, 0.25) is 5.88 Å². The van der Waals surface area contributed by atoms with Gasteiger partial charge in [-0.1, -0.05) is 6.07 Å². The van der Waals surface area contributed by atoms with E-state index in [0.29, 0.717) is 16.4 Å². The maximum Gasteiger partial charge on any atom is 0.406 e. The van der Waals surface area contributed by atoms with Gasteiger partial charge in [-0.3, -0.25) is 4.90 Å². The summed E-state index contributed by atoms with van der Waals surface area (Å²) in [5, 5.41) is 0.684. The van der Waals surface area contributed by atoms with E-state index < -0.39 is 12.7 Å². The smallest absolute Gasteiger partial charge is 0.406 e. The molecule has 0 spiro atoms. The zero-order chi connectivity index (χ0) is 20.8. The standard InChI is InChI=1S/C20H24F3N5O/c1-13(27-8-6-26(2)7-9-27)14-4-5-16-15(10-14)17-18(19(29-3)25-12-24-17)28(16)11-20(21,22)23/h4-5,10,12-13H,6-9,11H2,1-3H3/t13-/m0/s1. The zero-order valence-corrected chi connectivity index (χ0v) is 16.7. The first-order valence-corrected chi connectivity index (χ1v) is 9.58. The number of likely N-dealkylation sites (N-methyl/N-ethyl adjacent to an activating group) is 1. The van der Waals surface area contributed by atoms with Gasteiger partial charge in [0.25, 0.3) is 0 Å². The summed E-state index contributed by atoms with van der Waals surface area (Å²) >= 11 is 0. The van der Waals surface area contributed by atoms with Crippen molar-refractivity contribution in [1.29, 1.82) is 0 Å². The van der Waals surface area contributed by atoms with Crippen molar-refractivity contribution in [2.24, 2.45) is 0 Å². The highest BCUT2D eigenvalue weighted by atomic mass is 19.4. The number of hydrogen-bond donors (Lipinski definition) is 0. The molecule has 3 aromatic rings. The van der Waals surface area contributed by atoms with Gasteiger partial charge in [-0.25, -0.2) is 4.98 Å². The monoisotopic (exact) mass is 407 g/mol. The number of alkyl halides is 3. The molecule has 0 unspecified atom stereocenters. The maximum absolute atomic E-state index is 13.3. The Bertz CT molecular complexity index is 1020. The number of methoxy groups -OCH3 is 1. The fourth-order valence-corrected chi connectivity index (χ4v) is 4.07. The van der Waals surface area contributed by atoms with Crippen molar-refractivity contribution >= 4 is 21.9 Å². The van der Waals surface area contributed by atoms with Gasteiger partial charge < -0.3 is 14.2 Å². The average Bonchev–Trinajstić information content (AvgIpc) is 3.00. The lowest BCUT2D eigenvalue weighted by atomic mass is 10.0. The third kappa shape index (κ3) is 3.76. The van der Waals surface area contributed by atoms with Crippen molar-refractivity contribution < 1.29 is 17.9 Å². The molecule has 0 amide bonds. The average molecular weight is 407 g/mol. The van der Waals surface area contributed by atoms with Crippen LogP contribution in [0.5, 0.6) is 5.88 Å². The second-order valence-electron chi connectivity index (χ2n) is 7.57. The molecule has 1 atom stereocenters. The van der Waals surface area contributed by atoms with Crippen LogP contribution in [0.15, 0.2) is 24.5 Å². The molecule has 1 aliphatic rings. The molecule has 1 saturated heterocycles. The molecular formula is C20H24F3N5O. The number of ether oxygens (including phenoxy) is 1. The molecule has 0 aliphatic carbocycles. The molecule has 6 nitrogen and oxygen atoms in total. The summed E-state index contributed by atoms with van der Waals surface area (Å²) in [5.41, 5.74) is 2.28. The Kier molecular flexibility index (Phi) is 5.12. The molecule has 2 aromatic heterocycles. The second kappa shape index (κ2) is 7.46. The van der Waals surface area contributed by atoms with E-state index in [1.54, 1.807) is 6.07 Å². The normalized spacial score (nSPS) is 17.9. The molecule has 1 fully saturated rings. The van der Waals surface area contributed by atoms with Crippen molar-refractivity contribution in [2.75, 3.05) is 40.3 Å². The van der Waals surface area contributed by atoms with E-state index in [0.717, 1.165) is 31.7 Å². The van der Waals surface area contributed by atoms with Crippen molar-refractivity contribution in [1.82, 2.24) is 24.3 Å². The highest BCUT2D eigenvalue weighted by Crippen LogP contribution is 2.36. The number of benzene rings is 1. The van der Waals surface area contributed by atoms with Crippen LogP contribution < -0.4 is 4.74 Å². The van der Waals surface area contributed by atoms with Crippen molar-refractivity contribution in [3.8, 4) is 5.88 Å². The van der Waals surface area contributed by atoms with Crippen LogP contribution >= 0.6 is 0 Å². The zero-order valence-electron chi connectivity index (χ0n) is 16.7. The van der Waals surface area contributed by atoms with Crippen LogP contribution in [0.4, 0.5) is 13.2 Å². The molecular weight excluding hydrogens is 383 g/mol. The van der Waals surface area contributed by atoms with Crippen molar-refractivity contribution in [3.63, 3.8) is 0 Å². The predicted octanol–water partition coefficient (Wildman–Crippen LogP) is 3.46. The van der Waals surface area contributed by atoms with Crippen LogP contribution in [0.3, 0.4) is 0 Å². The lowest BCUT2D eigenvalue weighted by molar-refractivity contribution is -0.139. The third-order valence-corrected chi connectivity index (χ3v) is 5.72. The number of hydrogen-bond acceptors (Lipinski definition) is 5. The number of fused-ring (bicyclic) bond motifs is 3. The van der Waals surface area contributed by atoms with E-state index in [9.17, 15) is 13.2 Å².